The van der Waals surface area contributed by atoms with E-state index in [0.29, 0.717) is 19.8 Å². The van der Waals surface area contributed by atoms with Crippen molar-refractivity contribution in [1.29, 1.82) is 0 Å². The summed E-state index contributed by atoms with van der Waals surface area (Å²) in [6.07, 6.45) is -3.50. The Labute approximate surface area is 101 Å². The molecule has 0 aliphatic carbocycles. The molecule has 0 rings (SSSR count). The first-order valence-corrected chi connectivity index (χ1v) is 5.75. The first kappa shape index (κ1) is 16.1. The Morgan fingerprint density at radius 3 is 2.25 bits per heavy atom. The zero-order chi connectivity index (χ0) is 12.4. The molecule has 0 N–H and O–H groups in total. The van der Waals surface area contributed by atoms with Crippen molar-refractivity contribution in [3.05, 3.63) is 0 Å². The smallest absolute Gasteiger partial charge is 0.385 e. The maximum absolute atomic E-state index is 12.0. The number of alkyl halides is 4. The van der Waals surface area contributed by atoms with Gasteiger partial charge in [0.15, 0.2) is 0 Å². The zero-order valence-corrected chi connectivity index (χ0v) is 10.6. The summed E-state index contributed by atoms with van der Waals surface area (Å²) in [5.41, 5.74) is 0. The van der Waals surface area contributed by atoms with Gasteiger partial charge >= 0.3 is 6.18 Å². The lowest BCUT2D eigenvalue weighted by atomic mass is 10.4. The molecule has 3 nitrogen and oxygen atoms in total. The molecule has 0 aromatic heterocycles. The lowest BCUT2D eigenvalue weighted by molar-refractivity contribution is -0.138. The van der Waals surface area contributed by atoms with Crippen molar-refractivity contribution >= 4 is 15.9 Å². The molecule has 0 heterocycles. The molecular formula is C9H16BrF3O3. The van der Waals surface area contributed by atoms with Gasteiger partial charge in [0.25, 0.3) is 0 Å². The average molecular weight is 309 g/mol. The third kappa shape index (κ3) is 9.38. The summed E-state index contributed by atoms with van der Waals surface area (Å²) in [5.74, 6) is 0. The minimum Gasteiger partial charge on any atom is -0.385 e. The van der Waals surface area contributed by atoms with E-state index in [0.717, 1.165) is 6.42 Å². The Morgan fingerprint density at radius 1 is 1.06 bits per heavy atom. The normalized spacial score (nSPS) is 14.1. The minimum absolute atomic E-state index is 0.158. The molecule has 0 aliphatic heterocycles. The van der Waals surface area contributed by atoms with Crippen LogP contribution in [-0.2, 0) is 14.2 Å². The second kappa shape index (κ2) is 9.21. The summed E-state index contributed by atoms with van der Waals surface area (Å²) in [4.78, 5) is -1.62. The monoisotopic (exact) mass is 308 g/mol. The second-order valence-electron chi connectivity index (χ2n) is 3.04. The first-order chi connectivity index (χ1) is 7.48. The number of hydrogen-bond donors (Lipinski definition) is 0. The lowest BCUT2D eigenvalue weighted by Crippen LogP contribution is -2.28. The van der Waals surface area contributed by atoms with Crippen molar-refractivity contribution in [3.8, 4) is 0 Å². The molecule has 0 fully saturated rings. The van der Waals surface area contributed by atoms with Gasteiger partial charge in [-0.25, -0.2) is 0 Å². The predicted molar refractivity (Wildman–Crippen MR) is 56.9 cm³/mol. The van der Waals surface area contributed by atoms with Crippen LogP contribution in [0.4, 0.5) is 13.2 Å². The van der Waals surface area contributed by atoms with Crippen molar-refractivity contribution in [2.75, 3.05) is 40.1 Å². The molecule has 1 atom stereocenters. The average Bonchev–Trinajstić information content (AvgIpc) is 2.20. The van der Waals surface area contributed by atoms with Gasteiger partial charge in [-0.2, -0.15) is 13.2 Å². The van der Waals surface area contributed by atoms with Gasteiger partial charge in [-0.15, -0.1) is 0 Å². The molecule has 98 valence electrons. The minimum atomic E-state index is -4.26. The van der Waals surface area contributed by atoms with E-state index in [1.54, 1.807) is 7.11 Å². The van der Waals surface area contributed by atoms with Crippen molar-refractivity contribution < 1.29 is 27.4 Å². The van der Waals surface area contributed by atoms with Gasteiger partial charge < -0.3 is 14.2 Å². The van der Waals surface area contributed by atoms with Gasteiger partial charge in [0.2, 0.25) is 0 Å². The molecular weight excluding hydrogens is 293 g/mol. The predicted octanol–water partition coefficient (Wildman–Crippen LogP) is 2.38. The number of halogens is 4. The summed E-state index contributed by atoms with van der Waals surface area (Å²) in [5, 5.41) is 0. The molecule has 0 radical (unpaired) electrons. The summed E-state index contributed by atoms with van der Waals surface area (Å²) in [7, 11) is 1.59. The topological polar surface area (TPSA) is 27.7 Å². The second-order valence-corrected chi connectivity index (χ2v) is 4.15. The zero-order valence-electron chi connectivity index (χ0n) is 9.06. The van der Waals surface area contributed by atoms with E-state index in [-0.39, 0.29) is 6.61 Å². The summed E-state index contributed by atoms with van der Waals surface area (Å²) >= 11 is 2.49. The molecule has 7 heteroatoms. The molecule has 0 aromatic rings. The maximum atomic E-state index is 12.0. The van der Waals surface area contributed by atoms with Crippen LogP contribution in [0.25, 0.3) is 0 Å². The molecule has 0 aliphatic rings. The van der Waals surface area contributed by atoms with E-state index in [1.165, 1.54) is 0 Å². The van der Waals surface area contributed by atoms with Gasteiger partial charge in [-0.05, 0) is 6.42 Å². The highest BCUT2D eigenvalue weighted by molar-refractivity contribution is 9.09. The van der Waals surface area contributed by atoms with Crippen LogP contribution in [0.3, 0.4) is 0 Å². The molecule has 16 heavy (non-hydrogen) atoms. The molecule has 0 amide bonds. The SMILES string of the molecule is COCCCOCCOCC(Br)C(F)(F)F. The van der Waals surface area contributed by atoms with E-state index >= 15 is 0 Å². The first-order valence-electron chi connectivity index (χ1n) is 4.83. The summed E-state index contributed by atoms with van der Waals surface area (Å²) in [6.45, 7) is 1.18. The Balaban J connectivity index is 3.21. The van der Waals surface area contributed by atoms with Crippen LogP contribution in [0.2, 0.25) is 0 Å². The van der Waals surface area contributed by atoms with Crippen molar-refractivity contribution in [1.82, 2.24) is 0 Å². The van der Waals surface area contributed by atoms with E-state index in [2.05, 4.69) is 15.9 Å². The highest BCUT2D eigenvalue weighted by Crippen LogP contribution is 2.26. The third-order valence-electron chi connectivity index (χ3n) is 1.63. The fourth-order valence-electron chi connectivity index (χ4n) is 0.807. The number of methoxy groups -OCH3 is 1. The van der Waals surface area contributed by atoms with E-state index < -0.39 is 17.6 Å². The van der Waals surface area contributed by atoms with Crippen molar-refractivity contribution in [2.45, 2.75) is 17.4 Å². The van der Waals surface area contributed by atoms with Crippen molar-refractivity contribution in [2.24, 2.45) is 0 Å². The van der Waals surface area contributed by atoms with Crippen LogP contribution in [0.1, 0.15) is 6.42 Å². The largest absolute Gasteiger partial charge is 0.403 e. The van der Waals surface area contributed by atoms with Crippen molar-refractivity contribution in [3.63, 3.8) is 0 Å². The van der Waals surface area contributed by atoms with E-state index in [1.807, 2.05) is 0 Å². The fraction of sp³-hybridized carbons (Fsp3) is 1.00. The quantitative estimate of drug-likeness (QED) is 0.483. The number of rotatable bonds is 9. The highest BCUT2D eigenvalue weighted by Gasteiger charge is 2.37. The van der Waals surface area contributed by atoms with Gasteiger partial charge in [-0.3, -0.25) is 0 Å². The third-order valence-corrected chi connectivity index (χ3v) is 2.41. The van der Waals surface area contributed by atoms with Crippen LogP contribution < -0.4 is 0 Å². The fourth-order valence-corrected chi connectivity index (χ4v) is 0.993. The van der Waals surface area contributed by atoms with E-state index in [9.17, 15) is 13.2 Å². The summed E-state index contributed by atoms with van der Waals surface area (Å²) < 4.78 is 50.7. The highest BCUT2D eigenvalue weighted by atomic mass is 79.9. The molecule has 1 unspecified atom stereocenters. The molecule has 0 spiro atoms. The molecule has 0 saturated heterocycles. The van der Waals surface area contributed by atoms with Gasteiger partial charge in [0, 0.05) is 20.3 Å². The number of ether oxygens (including phenoxy) is 3. The molecule has 0 bridgehead atoms. The van der Waals surface area contributed by atoms with Crippen LogP contribution in [0, 0.1) is 0 Å². The maximum Gasteiger partial charge on any atom is 0.403 e. The van der Waals surface area contributed by atoms with Gasteiger partial charge in [0.05, 0.1) is 19.8 Å². The Bertz CT molecular complexity index is 167. The Hall–Kier alpha value is 0.150. The number of hydrogen-bond acceptors (Lipinski definition) is 3. The molecule has 0 saturated carbocycles. The lowest BCUT2D eigenvalue weighted by Gasteiger charge is -2.13. The van der Waals surface area contributed by atoms with E-state index in [4.69, 9.17) is 14.2 Å². The summed E-state index contributed by atoms with van der Waals surface area (Å²) in [6, 6.07) is 0. The standard InChI is InChI=1S/C9H16BrF3O3/c1-14-3-2-4-15-5-6-16-7-8(10)9(11,12)13/h8H,2-7H2,1H3. The Morgan fingerprint density at radius 2 is 1.69 bits per heavy atom. The Kier molecular flexibility index (Phi) is 9.29. The van der Waals surface area contributed by atoms with Gasteiger partial charge in [-0.1, -0.05) is 15.9 Å². The van der Waals surface area contributed by atoms with Crippen LogP contribution in [0.5, 0.6) is 0 Å². The van der Waals surface area contributed by atoms with Crippen LogP contribution >= 0.6 is 15.9 Å². The van der Waals surface area contributed by atoms with Gasteiger partial charge in [0.1, 0.15) is 4.83 Å². The van der Waals surface area contributed by atoms with Crippen LogP contribution in [-0.4, -0.2) is 51.1 Å². The molecule has 0 aromatic carbocycles. The van der Waals surface area contributed by atoms with Crippen LogP contribution in [0.15, 0.2) is 0 Å².